The predicted molar refractivity (Wildman–Crippen MR) is 46.5 cm³/mol. The second-order valence-corrected chi connectivity index (χ2v) is 3.53. The lowest BCUT2D eigenvalue weighted by molar-refractivity contribution is -0.0672. The van der Waals surface area contributed by atoms with Crippen molar-refractivity contribution >= 4 is 0 Å². The van der Waals surface area contributed by atoms with Gasteiger partial charge in [0.1, 0.15) is 6.23 Å². The Morgan fingerprint density at radius 1 is 1.09 bits per heavy atom. The zero-order chi connectivity index (χ0) is 8.27. The van der Waals surface area contributed by atoms with Gasteiger partial charge in [-0.1, -0.05) is 0 Å². The summed E-state index contributed by atoms with van der Waals surface area (Å²) in [5.41, 5.74) is 0. The van der Waals surface area contributed by atoms with Crippen LogP contribution in [0, 0.1) is 0 Å². The molecule has 2 heteroatoms. The third-order valence-electron chi connectivity index (χ3n) is 2.12. The summed E-state index contributed by atoms with van der Waals surface area (Å²) in [6.07, 6.45) is 3.35. The number of ether oxygens (including phenoxy) is 1. The average molecular weight is 157 g/mol. The molecular formula is C9H19NO. The van der Waals surface area contributed by atoms with E-state index in [-0.39, 0.29) is 0 Å². The zero-order valence-electron chi connectivity index (χ0n) is 7.84. The summed E-state index contributed by atoms with van der Waals surface area (Å²) in [6, 6.07) is 0. The highest BCUT2D eigenvalue weighted by Gasteiger charge is 2.18. The fraction of sp³-hybridized carbons (Fsp3) is 1.00. The van der Waals surface area contributed by atoms with Crippen molar-refractivity contribution in [3.05, 3.63) is 0 Å². The maximum atomic E-state index is 5.66. The molecule has 0 bridgehead atoms. The van der Waals surface area contributed by atoms with Gasteiger partial charge in [-0.15, -0.1) is 0 Å². The molecule has 1 atom stereocenters. The summed E-state index contributed by atoms with van der Waals surface area (Å²) in [5, 5.41) is 0. The van der Waals surface area contributed by atoms with Gasteiger partial charge < -0.3 is 4.74 Å². The van der Waals surface area contributed by atoms with Crippen LogP contribution >= 0.6 is 0 Å². The minimum Gasteiger partial charge on any atom is -0.361 e. The lowest BCUT2D eigenvalue weighted by Crippen LogP contribution is -2.34. The SMILES string of the molecule is CC(C)OC(C)N1CCCC1. The third kappa shape index (κ3) is 2.80. The Labute approximate surface area is 69.5 Å². The van der Waals surface area contributed by atoms with Crippen LogP contribution in [-0.2, 0) is 4.74 Å². The molecule has 1 unspecified atom stereocenters. The molecular weight excluding hydrogens is 138 g/mol. The van der Waals surface area contributed by atoms with Gasteiger partial charge in [-0.25, -0.2) is 0 Å². The molecule has 1 fully saturated rings. The first-order valence-electron chi connectivity index (χ1n) is 4.59. The second kappa shape index (κ2) is 4.07. The van der Waals surface area contributed by atoms with E-state index >= 15 is 0 Å². The Bertz CT molecular complexity index is 108. The average Bonchev–Trinajstić information content (AvgIpc) is 2.35. The van der Waals surface area contributed by atoms with E-state index in [1.807, 2.05) is 0 Å². The molecule has 0 N–H and O–H groups in total. The topological polar surface area (TPSA) is 12.5 Å². The van der Waals surface area contributed by atoms with Crippen molar-refractivity contribution in [2.24, 2.45) is 0 Å². The van der Waals surface area contributed by atoms with Gasteiger partial charge >= 0.3 is 0 Å². The molecule has 1 aliphatic heterocycles. The fourth-order valence-electron chi connectivity index (χ4n) is 1.59. The highest BCUT2D eigenvalue weighted by Crippen LogP contribution is 2.13. The van der Waals surface area contributed by atoms with Crippen LogP contribution in [0.5, 0.6) is 0 Å². The number of nitrogens with zero attached hydrogens (tertiary/aromatic N) is 1. The van der Waals surface area contributed by atoms with Crippen molar-refractivity contribution in [3.8, 4) is 0 Å². The van der Waals surface area contributed by atoms with Crippen molar-refractivity contribution in [2.75, 3.05) is 13.1 Å². The van der Waals surface area contributed by atoms with E-state index in [1.165, 1.54) is 25.9 Å². The van der Waals surface area contributed by atoms with E-state index in [2.05, 4.69) is 25.7 Å². The van der Waals surface area contributed by atoms with Gasteiger partial charge in [0.05, 0.1) is 6.10 Å². The highest BCUT2D eigenvalue weighted by atomic mass is 16.5. The Morgan fingerprint density at radius 2 is 1.64 bits per heavy atom. The van der Waals surface area contributed by atoms with Gasteiger partial charge in [-0.2, -0.15) is 0 Å². The molecule has 1 saturated heterocycles. The molecule has 0 saturated carbocycles. The van der Waals surface area contributed by atoms with Crippen molar-refractivity contribution < 1.29 is 4.74 Å². The van der Waals surface area contributed by atoms with Crippen LogP contribution in [0.15, 0.2) is 0 Å². The quantitative estimate of drug-likeness (QED) is 0.620. The van der Waals surface area contributed by atoms with Crippen LogP contribution in [0.25, 0.3) is 0 Å². The summed E-state index contributed by atoms with van der Waals surface area (Å²) >= 11 is 0. The summed E-state index contributed by atoms with van der Waals surface area (Å²) in [6.45, 7) is 8.76. The van der Waals surface area contributed by atoms with Crippen molar-refractivity contribution in [1.82, 2.24) is 4.90 Å². The van der Waals surface area contributed by atoms with E-state index < -0.39 is 0 Å². The van der Waals surface area contributed by atoms with Crippen molar-refractivity contribution in [3.63, 3.8) is 0 Å². The molecule has 1 aliphatic rings. The lowest BCUT2D eigenvalue weighted by atomic mass is 10.4. The Morgan fingerprint density at radius 3 is 2.09 bits per heavy atom. The van der Waals surface area contributed by atoms with Gasteiger partial charge in [0, 0.05) is 13.1 Å². The molecule has 0 radical (unpaired) electrons. The summed E-state index contributed by atoms with van der Waals surface area (Å²) in [7, 11) is 0. The maximum Gasteiger partial charge on any atom is 0.108 e. The molecule has 0 aromatic rings. The van der Waals surface area contributed by atoms with Crippen molar-refractivity contribution in [1.29, 1.82) is 0 Å². The standard InChI is InChI=1S/C9H19NO/c1-8(2)11-9(3)10-6-4-5-7-10/h8-9H,4-7H2,1-3H3. The predicted octanol–water partition coefficient (Wildman–Crippen LogP) is 1.85. The van der Waals surface area contributed by atoms with E-state index in [9.17, 15) is 0 Å². The van der Waals surface area contributed by atoms with E-state index in [4.69, 9.17) is 4.74 Å². The monoisotopic (exact) mass is 157 g/mol. The van der Waals surface area contributed by atoms with Crippen LogP contribution in [0.1, 0.15) is 33.6 Å². The first kappa shape index (κ1) is 9.01. The number of likely N-dealkylation sites (tertiary alicyclic amines) is 1. The highest BCUT2D eigenvalue weighted by molar-refractivity contribution is 4.67. The minimum atomic E-state index is 0.317. The number of rotatable bonds is 3. The largest absolute Gasteiger partial charge is 0.361 e. The molecule has 2 nitrogen and oxygen atoms in total. The van der Waals surface area contributed by atoms with E-state index in [1.54, 1.807) is 0 Å². The van der Waals surface area contributed by atoms with Gasteiger partial charge in [0.25, 0.3) is 0 Å². The molecule has 66 valence electrons. The van der Waals surface area contributed by atoms with Crippen molar-refractivity contribution in [2.45, 2.75) is 45.9 Å². The Hall–Kier alpha value is -0.0800. The normalized spacial score (nSPS) is 22.9. The van der Waals surface area contributed by atoms with Crippen LogP contribution in [0.2, 0.25) is 0 Å². The smallest absolute Gasteiger partial charge is 0.108 e. The van der Waals surface area contributed by atoms with Crippen LogP contribution in [-0.4, -0.2) is 30.3 Å². The summed E-state index contributed by atoms with van der Waals surface area (Å²) in [4.78, 5) is 2.40. The van der Waals surface area contributed by atoms with Crippen LogP contribution in [0.3, 0.4) is 0 Å². The fourth-order valence-corrected chi connectivity index (χ4v) is 1.59. The molecule has 0 amide bonds. The number of hydrogen-bond donors (Lipinski definition) is 0. The minimum absolute atomic E-state index is 0.317. The van der Waals surface area contributed by atoms with Gasteiger partial charge in [-0.3, -0.25) is 4.90 Å². The first-order valence-corrected chi connectivity index (χ1v) is 4.59. The lowest BCUT2D eigenvalue weighted by Gasteiger charge is -2.25. The first-order chi connectivity index (χ1) is 5.20. The molecule has 0 aliphatic carbocycles. The van der Waals surface area contributed by atoms with Crippen LogP contribution < -0.4 is 0 Å². The molecule has 0 aromatic carbocycles. The molecule has 0 spiro atoms. The van der Waals surface area contributed by atoms with E-state index in [0.717, 1.165) is 0 Å². The molecule has 0 aromatic heterocycles. The van der Waals surface area contributed by atoms with Gasteiger partial charge in [0.2, 0.25) is 0 Å². The van der Waals surface area contributed by atoms with Gasteiger partial charge in [0.15, 0.2) is 0 Å². The maximum absolute atomic E-state index is 5.66. The second-order valence-electron chi connectivity index (χ2n) is 3.53. The zero-order valence-corrected chi connectivity index (χ0v) is 7.84. The third-order valence-corrected chi connectivity index (χ3v) is 2.12. The summed E-state index contributed by atoms with van der Waals surface area (Å²) in [5.74, 6) is 0. The Balaban J connectivity index is 2.22. The molecule has 1 heterocycles. The van der Waals surface area contributed by atoms with Crippen LogP contribution in [0.4, 0.5) is 0 Å². The van der Waals surface area contributed by atoms with Gasteiger partial charge in [-0.05, 0) is 33.6 Å². The van der Waals surface area contributed by atoms with E-state index in [0.29, 0.717) is 12.3 Å². The number of hydrogen-bond acceptors (Lipinski definition) is 2. The summed E-state index contributed by atoms with van der Waals surface area (Å²) < 4.78 is 5.66. The molecule has 11 heavy (non-hydrogen) atoms. The Kier molecular flexibility index (Phi) is 3.34. The molecule has 1 rings (SSSR count).